The first-order valence-corrected chi connectivity index (χ1v) is 15.4. The number of nitrogens with one attached hydrogen (secondary N) is 4. The topological polar surface area (TPSA) is 189 Å². The largest absolute Gasteiger partial charge is 0.467 e. The third-order valence-electron chi connectivity index (χ3n) is 7.46. The highest BCUT2D eigenvalue weighted by Crippen LogP contribution is 2.20. The number of aliphatic hydroxyl groups is 1. The molecule has 4 amide bonds. The molecular formula is C32H53N5O7. The molecule has 0 radical (unpaired) electrons. The standard InChI is InChI=1S/C32H53N5O7/c1-9-13-23(30(41)36-26(18(2)3)31(42)37-27(19(4)5)32(43)44-8)17-25(38)24(16-22-14-11-10-12-15-22)35-29(40)21(7)34-28(39)20(6)33/h10-12,14-15,18-21,23-27,38H,9,13,16-17,33H2,1-8H3,(H,34,39)(H,35,40)(H,36,41)(H,37,42)/t20-,21-,23+,24-,25-,26-,27-/m0/s1. The summed E-state index contributed by atoms with van der Waals surface area (Å²) in [5.41, 5.74) is 6.47. The average molecular weight is 620 g/mol. The number of hydrogen-bond acceptors (Lipinski definition) is 8. The van der Waals surface area contributed by atoms with E-state index >= 15 is 0 Å². The fraction of sp³-hybridized carbons (Fsp3) is 0.656. The molecule has 0 heterocycles. The van der Waals surface area contributed by atoms with Crippen LogP contribution in [0.4, 0.5) is 0 Å². The monoisotopic (exact) mass is 619 g/mol. The maximum Gasteiger partial charge on any atom is 0.328 e. The Hall–Kier alpha value is -3.51. The minimum Gasteiger partial charge on any atom is -0.467 e. The van der Waals surface area contributed by atoms with Crippen LogP contribution in [-0.4, -0.2) is 78.1 Å². The van der Waals surface area contributed by atoms with Crippen LogP contribution in [0.25, 0.3) is 0 Å². The van der Waals surface area contributed by atoms with Gasteiger partial charge in [0.1, 0.15) is 18.1 Å². The third-order valence-corrected chi connectivity index (χ3v) is 7.46. The maximum atomic E-state index is 13.6. The van der Waals surface area contributed by atoms with Crippen molar-refractivity contribution in [2.45, 2.75) is 110 Å². The van der Waals surface area contributed by atoms with E-state index in [2.05, 4.69) is 21.3 Å². The molecule has 12 nitrogen and oxygen atoms in total. The highest BCUT2D eigenvalue weighted by Gasteiger charge is 2.34. The lowest BCUT2D eigenvalue weighted by Gasteiger charge is -2.30. The quantitative estimate of drug-likeness (QED) is 0.132. The predicted octanol–water partition coefficient (Wildman–Crippen LogP) is 1.19. The van der Waals surface area contributed by atoms with Crippen LogP contribution in [-0.2, 0) is 35.1 Å². The zero-order valence-electron chi connectivity index (χ0n) is 27.4. The number of methoxy groups -OCH3 is 1. The van der Waals surface area contributed by atoms with Crippen molar-refractivity contribution in [3.63, 3.8) is 0 Å². The molecule has 0 spiro atoms. The maximum absolute atomic E-state index is 13.6. The van der Waals surface area contributed by atoms with Crippen molar-refractivity contribution in [1.29, 1.82) is 0 Å². The minimum atomic E-state index is -1.13. The molecule has 0 fully saturated rings. The Morgan fingerprint density at radius 3 is 1.86 bits per heavy atom. The van der Waals surface area contributed by atoms with Gasteiger partial charge in [0.25, 0.3) is 0 Å². The summed E-state index contributed by atoms with van der Waals surface area (Å²) in [4.78, 5) is 64.0. The van der Waals surface area contributed by atoms with E-state index in [1.54, 1.807) is 27.7 Å². The molecule has 0 aliphatic heterocycles. The number of carbonyl (C=O) groups excluding carboxylic acids is 5. The molecule has 0 saturated heterocycles. The lowest BCUT2D eigenvalue weighted by Crippen LogP contribution is -2.56. The van der Waals surface area contributed by atoms with Crippen LogP contribution in [0.2, 0.25) is 0 Å². The molecule has 1 aromatic carbocycles. The molecule has 12 heteroatoms. The SMILES string of the molecule is CCC[C@H](C[C@H](O)[C@H](Cc1ccccc1)NC(=O)[C@H](C)NC(=O)[C@H](C)N)C(=O)N[C@H](C(=O)N[C@H](C(=O)OC)C(C)C)C(C)C. The van der Waals surface area contributed by atoms with Crippen molar-refractivity contribution in [1.82, 2.24) is 21.3 Å². The van der Waals surface area contributed by atoms with Crippen molar-refractivity contribution in [3.8, 4) is 0 Å². The number of amides is 4. The summed E-state index contributed by atoms with van der Waals surface area (Å²) >= 11 is 0. The van der Waals surface area contributed by atoms with E-state index in [1.807, 2.05) is 37.3 Å². The molecular weight excluding hydrogens is 566 g/mol. The van der Waals surface area contributed by atoms with Crippen LogP contribution >= 0.6 is 0 Å². The van der Waals surface area contributed by atoms with Crippen molar-refractivity contribution < 1.29 is 33.8 Å². The van der Waals surface area contributed by atoms with E-state index in [0.717, 1.165) is 5.56 Å². The van der Waals surface area contributed by atoms with E-state index in [4.69, 9.17) is 10.5 Å². The Balaban J connectivity index is 3.15. The molecule has 1 rings (SSSR count). The van der Waals surface area contributed by atoms with Gasteiger partial charge in [-0.3, -0.25) is 19.2 Å². The van der Waals surface area contributed by atoms with E-state index < -0.39 is 71.8 Å². The highest BCUT2D eigenvalue weighted by atomic mass is 16.5. The molecule has 0 unspecified atom stereocenters. The Morgan fingerprint density at radius 2 is 1.36 bits per heavy atom. The molecule has 7 N–H and O–H groups in total. The number of rotatable bonds is 18. The fourth-order valence-corrected chi connectivity index (χ4v) is 4.70. The number of hydrogen-bond donors (Lipinski definition) is 6. The number of aliphatic hydroxyl groups excluding tert-OH is 1. The van der Waals surface area contributed by atoms with Crippen LogP contribution in [0.15, 0.2) is 30.3 Å². The number of carbonyl (C=O) groups is 5. The van der Waals surface area contributed by atoms with E-state index in [0.29, 0.717) is 12.8 Å². The van der Waals surface area contributed by atoms with Gasteiger partial charge in [0, 0.05) is 5.92 Å². The fourth-order valence-electron chi connectivity index (χ4n) is 4.70. The van der Waals surface area contributed by atoms with Gasteiger partial charge in [0.05, 0.1) is 25.3 Å². The number of esters is 1. The molecule has 0 bridgehead atoms. The molecule has 0 aliphatic carbocycles. The summed E-state index contributed by atoms with van der Waals surface area (Å²) < 4.78 is 4.82. The van der Waals surface area contributed by atoms with Crippen LogP contribution in [0, 0.1) is 17.8 Å². The summed E-state index contributed by atoms with van der Waals surface area (Å²) in [6.45, 7) is 12.1. The first-order valence-electron chi connectivity index (χ1n) is 15.4. The molecule has 1 aromatic rings. The Kier molecular flexibility index (Phi) is 16.6. The van der Waals surface area contributed by atoms with Crippen molar-refractivity contribution in [2.24, 2.45) is 23.5 Å². The van der Waals surface area contributed by atoms with E-state index in [1.165, 1.54) is 21.0 Å². The van der Waals surface area contributed by atoms with E-state index in [-0.39, 0.29) is 24.7 Å². The average Bonchev–Trinajstić information content (AvgIpc) is 2.97. The van der Waals surface area contributed by atoms with Gasteiger partial charge < -0.3 is 36.8 Å². The summed E-state index contributed by atoms with van der Waals surface area (Å²) in [6, 6.07) is 5.01. The first-order chi connectivity index (χ1) is 20.6. The first kappa shape index (κ1) is 38.5. The predicted molar refractivity (Wildman–Crippen MR) is 168 cm³/mol. The summed E-state index contributed by atoms with van der Waals surface area (Å²) in [7, 11) is 1.25. The van der Waals surface area contributed by atoms with Gasteiger partial charge in [-0.25, -0.2) is 4.79 Å². The van der Waals surface area contributed by atoms with Gasteiger partial charge in [0.2, 0.25) is 23.6 Å². The molecule has 7 atom stereocenters. The summed E-state index contributed by atoms with van der Waals surface area (Å²) in [5.74, 6) is -3.69. The van der Waals surface area contributed by atoms with Gasteiger partial charge >= 0.3 is 5.97 Å². The van der Waals surface area contributed by atoms with Gasteiger partial charge in [-0.15, -0.1) is 0 Å². The van der Waals surface area contributed by atoms with Gasteiger partial charge in [-0.1, -0.05) is 71.4 Å². The van der Waals surface area contributed by atoms with Crippen molar-refractivity contribution in [3.05, 3.63) is 35.9 Å². The van der Waals surface area contributed by atoms with Gasteiger partial charge in [-0.2, -0.15) is 0 Å². The normalized spacial score (nSPS) is 16.1. The smallest absolute Gasteiger partial charge is 0.328 e. The van der Waals surface area contributed by atoms with Crippen LogP contribution in [0.3, 0.4) is 0 Å². The summed E-state index contributed by atoms with van der Waals surface area (Å²) in [6.07, 6.45) is 0.231. The lowest BCUT2D eigenvalue weighted by atomic mass is 9.89. The Labute approximate surface area is 261 Å². The Morgan fingerprint density at radius 1 is 0.795 bits per heavy atom. The minimum absolute atomic E-state index is 0.0151. The van der Waals surface area contributed by atoms with Crippen molar-refractivity contribution >= 4 is 29.6 Å². The van der Waals surface area contributed by atoms with Crippen molar-refractivity contribution in [2.75, 3.05) is 7.11 Å². The third kappa shape index (κ3) is 12.6. The highest BCUT2D eigenvalue weighted by molar-refractivity contribution is 5.91. The Bertz CT molecular complexity index is 1080. The molecule has 0 aromatic heterocycles. The zero-order chi connectivity index (χ0) is 33.6. The molecule has 44 heavy (non-hydrogen) atoms. The van der Waals surface area contributed by atoms with Crippen LogP contribution < -0.4 is 27.0 Å². The second-order valence-electron chi connectivity index (χ2n) is 12.1. The molecule has 248 valence electrons. The van der Waals surface area contributed by atoms with Gasteiger partial charge in [0.15, 0.2) is 0 Å². The number of benzene rings is 1. The second-order valence-corrected chi connectivity index (χ2v) is 12.1. The van der Waals surface area contributed by atoms with E-state index in [9.17, 15) is 29.1 Å². The van der Waals surface area contributed by atoms with Gasteiger partial charge in [-0.05, 0) is 50.5 Å². The number of nitrogens with two attached hydrogens (primary N) is 1. The van der Waals surface area contributed by atoms with Crippen LogP contribution in [0.5, 0.6) is 0 Å². The number of ether oxygens (including phenoxy) is 1. The molecule has 0 aliphatic rings. The zero-order valence-corrected chi connectivity index (χ0v) is 27.4. The van der Waals surface area contributed by atoms with Crippen LogP contribution in [0.1, 0.15) is 73.3 Å². The lowest BCUT2D eigenvalue weighted by molar-refractivity contribution is -0.147. The summed E-state index contributed by atoms with van der Waals surface area (Å²) in [5, 5.41) is 22.3. The second kappa shape index (κ2) is 19.0. The molecule has 0 saturated carbocycles.